The Bertz CT molecular complexity index is 776. The maximum absolute atomic E-state index is 11.7. The summed E-state index contributed by atoms with van der Waals surface area (Å²) in [4.78, 5) is 33.5. The monoisotopic (exact) mass is 417 g/mol. The van der Waals surface area contributed by atoms with Gasteiger partial charge in [0.15, 0.2) is 0 Å². The largest absolute Gasteiger partial charge is 0.481 e. The summed E-state index contributed by atoms with van der Waals surface area (Å²) in [6.45, 7) is 3.57. The first kappa shape index (κ1) is 23.4. The molecular weight excluding hydrogens is 386 g/mol. The number of hydrogen-bond donors (Lipinski definition) is 5. The number of carboxylic acids is 2. The van der Waals surface area contributed by atoms with E-state index in [2.05, 4.69) is 10.6 Å². The minimum atomic E-state index is -1.15. The average Bonchev–Trinajstić information content (AvgIpc) is 2.69. The first-order valence-electron chi connectivity index (χ1n) is 10.1. The van der Waals surface area contributed by atoms with Crippen molar-refractivity contribution in [2.75, 3.05) is 13.1 Å². The number of primary amides is 1. The van der Waals surface area contributed by atoms with E-state index in [9.17, 15) is 24.6 Å². The number of amides is 2. The van der Waals surface area contributed by atoms with E-state index in [-0.39, 0.29) is 6.42 Å². The average molecular weight is 418 g/mol. The summed E-state index contributed by atoms with van der Waals surface area (Å²) in [5, 5.41) is 24.8. The molecule has 0 aromatic heterocycles. The molecule has 0 spiro atoms. The number of carboxylic acid groups (broad SMARTS) is 2. The lowest BCUT2D eigenvalue weighted by atomic mass is 9.64. The van der Waals surface area contributed by atoms with Gasteiger partial charge in [0.25, 0.3) is 0 Å². The highest BCUT2D eigenvalue weighted by molar-refractivity contribution is 5.81. The molecule has 2 unspecified atom stereocenters. The van der Waals surface area contributed by atoms with Crippen molar-refractivity contribution >= 4 is 18.0 Å². The van der Waals surface area contributed by atoms with E-state index in [1.807, 2.05) is 30.3 Å². The van der Waals surface area contributed by atoms with Gasteiger partial charge in [-0.3, -0.25) is 9.59 Å². The van der Waals surface area contributed by atoms with Crippen molar-refractivity contribution in [3.63, 3.8) is 0 Å². The van der Waals surface area contributed by atoms with E-state index in [1.54, 1.807) is 19.1 Å². The summed E-state index contributed by atoms with van der Waals surface area (Å²) in [5.74, 6) is -1.91. The molecule has 2 amide bonds. The second-order valence-corrected chi connectivity index (χ2v) is 8.31. The summed E-state index contributed by atoms with van der Waals surface area (Å²) in [7, 11) is 0. The van der Waals surface area contributed by atoms with Crippen LogP contribution in [0.15, 0.2) is 42.5 Å². The molecule has 1 saturated heterocycles. The number of rotatable bonds is 5. The Morgan fingerprint density at radius 1 is 1.13 bits per heavy atom. The molecule has 8 heteroatoms. The van der Waals surface area contributed by atoms with E-state index < -0.39 is 28.8 Å². The third kappa shape index (κ3) is 6.32. The number of piperidine rings is 1. The fraction of sp³-hybridized carbons (Fsp3) is 0.500. The van der Waals surface area contributed by atoms with Gasteiger partial charge < -0.3 is 26.6 Å². The second kappa shape index (κ2) is 10.2. The van der Waals surface area contributed by atoms with Crippen molar-refractivity contribution in [2.24, 2.45) is 16.6 Å². The van der Waals surface area contributed by atoms with Crippen molar-refractivity contribution in [3.05, 3.63) is 48.0 Å². The minimum Gasteiger partial charge on any atom is -0.481 e. The van der Waals surface area contributed by atoms with Gasteiger partial charge in [-0.05, 0) is 57.7 Å². The van der Waals surface area contributed by atoms with Crippen LogP contribution in [0, 0.1) is 10.8 Å². The number of urea groups is 1. The predicted molar refractivity (Wildman–Crippen MR) is 113 cm³/mol. The van der Waals surface area contributed by atoms with Crippen molar-refractivity contribution in [2.45, 2.75) is 45.1 Å². The van der Waals surface area contributed by atoms with Gasteiger partial charge in [-0.25, -0.2) is 4.79 Å². The van der Waals surface area contributed by atoms with Crippen LogP contribution in [0.2, 0.25) is 0 Å². The van der Waals surface area contributed by atoms with Gasteiger partial charge in [0.05, 0.1) is 10.8 Å². The normalized spacial score (nSPS) is 26.2. The molecule has 1 fully saturated rings. The summed E-state index contributed by atoms with van der Waals surface area (Å²) in [6.07, 6.45) is 6.11. The third-order valence-corrected chi connectivity index (χ3v) is 5.70. The van der Waals surface area contributed by atoms with Gasteiger partial charge in [0.2, 0.25) is 0 Å². The van der Waals surface area contributed by atoms with Crippen LogP contribution >= 0.6 is 0 Å². The Kier molecular flexibility index (Phi) is 8.00. The Hall–Kier alpha value is -2.87. The minimum absolute atomic E-state index is 0.107. The molecule has 0 saturated carbocycles. The lowest BCUT2D eigenvalue weighted by Crippen LogP contribution is -2.44. The first-order valence-corrected chi connectivity index (χ1v) is 10.1. The number of benzene rings is 1. The highest BCUT2D eigenvalue weighted by Crippen LogP contribution is 2.44. The Morgan fingerprint density at radius 2 is 1.77 bits per heavy atom. The highest BCUT2D eigenvalue weighted by Gasteiger charge is 2.48. The van der Waals surface area contributed by atoms with E-state index in [4.69, 9.17) is 5.73 Å². The van der Waals surface area contributed by atoms with Gasteiger partial charge in [-0.1, -0.05) is 42.5 Å². The van der Waals surface area contributed by atoms with E-state index in [1.165, 1.54) is 0 Å². The fourth-order valence-electron chi connectivity index (χ4n) is 4.01. The SMILES string of the molecule is CC1(C(=O)O)CC=CC(Cc2ccccc2)(C(=O)O)C1.NC(=O)NC1CCNCC1. The van der Waals surface area contributed by atoms with Crippen LogP contribution in [0.1, 0.15) is 38.2 Å². The molecule has 1 aliphatic heterocycles. The summed E-state index contributed by atoms with van der Waals surface area (Å²) >= 11 is 0. The molecule has 1 aliphatic carbocycles. The molecule has 2 aliphatic rings. The predicted octanol–water partition coefficient (Wildman–Crippen LogP) is 2.15. The van der Waals surface area contributed by atoms with Gasteiger partial charge in [0, 0.05) is 6.04 Å². The highest BCUT2D eigenvalue weighted by atomic mass is 16.4. The molecule has 0 radical (unpaired) electrons. The van der Waals surface area contributed by atoms with Gasteiger partial charge >= 0.3 is 18.0 Å². The molecule has 8 nitrogen and oxygen atoms in total. The Labute approximate surface area is 176 Å². The van der Waals surface area contributed by atoms with E-state index in [0.717, 1.165) is 31.5 Å². The topological polar surface area (TPSA) is 142 Å². The number of aliphatic carboxylic acids is 2. The zero-order valence-electron chi connectivity index (χ0n) is 17.3. The van der Waals surface area contributed by atoms with Crippen molar-refractivity contribution < 1.29 is 24.6 Å². The van der Waals surface area contributed by atoms with Crippen molar-refractivity contribution in [1.82, 2.24) is 10.6 Å². The van der Waals surface area contributed by atoms with Crippen LogP contribution in [0.5, 0.6) is 0 Å². The summed E-state index contributed by atoms with van der Waals surface area (Å²) in [5.41, 5.74) is 3.68. The maximum atomic E-state index is 11.7. The van der Waals surface area contributed by atoms with Crippen LogP contribution < -0.4 is 16.4 Å². The van der Waals surface area contributed by atoms with E-state index in [0.29, 0.717) is 18.9 Å². The molecule has 164 valence electrons. The second-order valence-electron chi connectivity index (χ2n) is 8.31. The van der Waals surface area contributed by atoms with E-state index >= 15 is 0 Å². The number of carbonyl (C=O) groups excluding carboxylic acids is 1. The van der Waals surface area contributed by atoms with Gasteiger partial charge in [-0.15, -0.1) is 0 Å². The lowest BCUT2D eigenvalue weighted by Gasteiger charge is -2.38. The van der Waals surface area contributed by atoms with Crippen LogP contribution in [0.25, 0.3) is 0 Å². The van der Waals surface area contributed by atoms with Gasteiger partial charge in [-0.2, -0.15) is 0 Å². The smallest absolute Gasteiger partial charge is 0.313 e. The zero-order valence-corrected chi connectivity index (χ0v) is 17.3. The lowest BCUT2D eigenvalue weighted by molar-refractivity contribution is -0.155. The third-order valence-electron chi connectivity index (χ3n) is 5.70. The molecule has 1 aromatic carbocycles. The summed E-state index contributed by atoms with van der Waals surface area (Å²) < 4.78 is 0. The quantitative estimate of drug-likeness (QED) is 0.465. The molecule has 30 heavy (non-hydrogen) atoms. The molecule has 0 bridgehead atoms. The number of carbonyl (C=O) groups is 3. The van der Waals surface area contributed by atoms with Gasteiger partial charge in [0.1, 0.15) is 0 Å². The Balaban J connectivity index is 0.000000269. The fourth-order valence-corrected chi connectivity index (χ4v) is 4.01. The molecule has 2 atom stereocenters. The number of hydrogen-bond acceptors (Lipinski definition) is 4. The van der Waals surface area contributed by atoms with Crippen molar-refractivity contribution in [1.29, 1.82) is 0 Å². The maximum Gasteiger partial charge on any atom is 0.313 e. The zero-order chi connectivity index (χ0) is 22.2. The van der Waals surface area contributed by atoms with Crippen LogP contribution in [-0.4, -0.2) is 47.3 Å². The number of nitrogens with one attached hydrogen (secondary N) is 2. The molecular formula is C22H31N3O5. The van der Waals surface area contributed by atoms with Crippen LogP contribution in [0.3, 0.4) is 0 Å². The standard InChI is InChI=1S/C16H18O4.C6H13N3O/c1-15(13(17)18)8-5-9-16(11-15,14(19)20)10-12-6-3-2-4-7-12;7-6(10)9-5-1-3-8-4-2-5/h2-7,9H,8,10-11H2,1H3,(H,17,18)(H,19,20);5,8H,1-4H2,(H3,7,9,10). The molecule has 3 rings (SSSR count). The number of allylic oxidation sites excluding steroid dienone is 1. The molecule has 1 aromatic rings. The Morgan fingerprint density at radius 3 is 2.30 bits per heavy atom. The first-order chi connectivity index (χ1) is 14.2. The molecule has 1 heterocycles. The van der Waals surface area contributed by atoms with Crippen LogP contribution in [-0.2, 0) is 16.0 Å². The summed E-state index contributed by atoms with van der Waals surface area (Å²) in [6, 6.07) is 9.19. The van der Waals surface area contributed by atoms with Crippen molar-refractivity contribution in [3.8, 4) is 0 Å². The molecule has 6 N–H and O–H groups in total. The number of nitrogens with two attached hydrogens (primary N) is 1. The van der Waals surface area contributed by atoms with Crippen LogP contribution in [0.4, 0.5) is 4.79 Å².